The topological polar surface area (TPSA) is 21.3 Å². The van der Waals surface area contributed by atoms with E-state index in [1.807, 2.05) is 0 Å². The number of rotatable bonds is 6. The fraction of sp³-hybridized carbons (Fsp3) is 1.00. The summed E-state index contributed by atoms with van der Waals surface area (Å²) >= 11 is 0. The van der Waals surface area contributed by atoms with Crippen LogP contribution in [0.25, 0.3) is 0 Å². The van der Waals surface area contributed by atoms with Gasteiger partial charge >= 0.3 is 0 Å². The van der Waals surface area contributed by atoms with Crippen LogP contribution in [0, 0.1) is 11.3 Å². The highest BCUT2D eigenvalue weighted by Gasteiger charge is 2.32. The van der Waals surface area contributed by atoms with Gasteiger partial charge in [0.15, 0.2) is 0 Å². The lowest BCUT2D eigenvalue weighted by Crippen LogP contribution is -2.38. The monoisotopic (exact) mass is 213 g/mol. The second-order valence-electron chi connectivity index (χ2n) is 5.43. The van der Waals surface area contributed by atoms with Crippen molar-refractivity contribution >= 4 is 0 Å². The number of hydrogen-bond acceptors (Lipinski definition) is 2. The van der Waals surface area contributed by atoms with E-state index in [-0.39, 0.29) is 0 Å². The molecule has 1 saturated heterocycles. The third-order valence-corrected chi connectivity index (χ3v) is 3.89. The molecule has 15 heavy (non-hydrogen) atoms. The third kappa shape index (κ3) is 3.76. The fourth-order valence-electron chi connectivity index (χ4n) is 2.25. The SMILES string of the molecule is CCNCC(C)(CC1CCCO1)C(C)C. The quantitative estimate of drug-likeness (QED) is 0.732. The minimum absolute atomic E-state index is 0.380. The van der Waals surface area contributed by atoms with E-state index in [2.05, 4.69) is 33.0 Å². The summed E-state index contributed by atoms with van der Waals surface area (Å²) in [6.07, 6.45) is 4.22. The van der Waals surface area contributed by atoms with Crippen LogP contribution in [-0.4, -0.2) is 25.8 Å². The lowest BCUT2D eigenvalue weighted by atomic mass is 9.74. The summed E-state index contributed by atoms with van der Waals surface area (Å²) in [5.41, 5.74) is 0.380. The van der Waals surface area contributed by atoms with Crippen molar-refractivity contribution in [3.63, 3.8) is 0 Å². The van der Waals surface area contributed by atoms with Crippen molar-refractivity contribution in [3.8, 4) is 0 Å². The Kier molecular flexibility index (Phi) is 5.07. The first kappa shape index (κ1) is 13.0. The fourth-order valence-corrected chi connectivity index (χ4v) is 2.25. The first-order valence-corrected chi connectivity index (χ1v) is 6.41. The molecular weight excluding hydrogens is 186 g/mol. The van der Waals surface area contributed by atoms with Crippen LogP contribution in [0.15, 0.2) is 0 Å². The number of nitrogens with one attached hydrogen (secondary N) is 1. The molecule has 2 unspecified atom stereocenters. The first-order chi connectivity index (χ1) is 7.08. The van der Waals surface area contributed by atoms with Crippen molar-refractivity contribution in [2.75, 3.05) is 19.7 Å². The zero-order valence-electron chi connectivity index (χ0n) is 10.8. The van der Waals surface area contributed by atoms with E-state index in [1.165, 1.54) is 19.3 Å². The summed E-state index contributed by atoms with van der Waals surface area (Å²) in [4.78, 5) is 0. The molecule has 0 aromatic carbocycles. The van der Waals surface area contributed by atoms with E-state index in [4.69, 9.17) is 4.74 Å². The Balaban J connectivity index is 2.47. The Bertz CT molecular complexity index is 175. The van der Waals surface area contributed by atoms with E-state index in [0.29, 0.717) is 17.4 Å². The van der Waals surface area contributed by atoms with Gasteiger partial charge in [-0.1, -0.05) is 27.7 Å². The number of ether oxygens (including phenoxy) is 1. The van der Waals surface area contributed by atoms with Crippen molar-refractivity contribution < 1.29 is 4.74 Å². The van der Waals surface area contributed by atoms with Crippen molar-refractivity contribution in [2.24, 2.45) is 11.3 Å². The van der Waals surface area contributed by atoms with Crippen molar-refractivity contribution in [2.45, 2.75) is 53.1 Å². The molecule has 2 heteroatoms. The van der Waals surface area contributed by atoms with E-state index in [1.54, 1.807) is 0 Å². The molecule has 1 N–H and O–H groups in total. The highest BCUT2D eigenvalue weighted by molar-refractivity contribution is 4.84. The zero-order valence-corrected chi connectivity index (χ0v) is 10.8. The predicted octanol–water partition coefficient (Wildman–Crippen LogP) is 2.83. The average Bonchev–Trinajstić information content (AvgIpc) is 2.67. The molecule has 2 nitrogen and oxygen atoms in total. The molecule has 2 atom stereocenters. The summed E-state index contributed by atoms with van der Waals surface area (Å²) in [5, 5.41) is 3.49. The van der Waals surface area contributed by atoms with Gasteiger partial charge in [0.25, 0.3) is 0 Å². The summed E-state index contributed by atoms with van der Waals surface area (Å²) in [5.74, 6) is 0.709. The van der Waals surface area contributed by atoms with Gasteiger partial charge in [-0.2, -0.15) is 0 Å². The van der Waals surface area contributed by atoms with Gasteiger partial charge in [0.2, 0.25) is 0 Å². The van der Waals surface area contributed by atoms with Crippen LogP contribution in [0.4, 0.5) is 0 Å². The van der Waals surface area contributed by atoms with Gasteiger partial charge in [-0.3, -0.25) is 0 Å². The zero-order chi connectivity index (χ0) is 11.3. The highest BCUT2D eigenvalue weighted by Crippen LogP contribution is 2.35. The van der Waals surface area contributed by atoms with Crippen molar-refractivity contribution in [1.29, 1.82) is 0 Å². The van der Waals surface area contributed by atoms with Gasteiger partial charge in [0, 0.05) is 13.2 Å². The standard InChI is InChI=1S/C13H27NO/c1-5-14-10-13(4,11(2)3)9-12-7-6-8-15-12/h11-12,14H,5-10H2,1-4H3. The van der Waals surface area contributed by atoms with Crippen LogP contribution >= 0.6 is 0 Å². The molecule has 1 fully saturated rings. The highest BCUT2D eigenvalue weighted by atomic mass is 16.5. The Morgan fingerprint density at radius 1 is 1.47 bits per heavy atom. The lowest BCUT2D eigenvalue weighted by Gasteiger charge is -2.36. The molecule has 0 aliphatic carbocycles. The second-order valence-corrected chi connectivity index (χ2v) is 5.43. The molecule has 0 amide bonds. The smallest absolute Gasteiger partial charge is 0.0581 e. The van der Waals surface area contributed by atoms with Gasteiger partial charge < -0.3 is 10.1 Å². The molecule has 1 heterocycles. The Morgan fingerprint density at radius 3 is 2.67 bits per heavy atom. The Labute approximate surface area is 94.8 Å². The maximum atomic E-state index is 5.75. The van der Waals surface area contributed by atoms with E-state index in [0.717, 1.165) is 19.7 Å². The summed E-state index contributed by atoms with van der Waals surface area (Å²) < 4.78 is 5.75. The van der Waals surface area contributed by atoms with Crippen LogP contribution in [-0.2, 0) is 4.74 Å². The molecule has 1 rings (SSSR count). The molecular formula is C13H27NO. The summed E-state index contributed by atoms with van der Waals surface area (Å²) in [6, 6.07) is 0. The van der Waals surface area contributed by atoms with Crippen molar-refractivity contribution in [1.82, 2.24) is 5.32 Å². The Hall–Kier alpha value is -0.0800. The molecule has 1 aliphatic rings. The maximum absolute atomic E-state index is 5.75. The van der Waals surface area contributed by atoms with Gasteiger partial charge in [-0.05, 0) is 37.1 Å². The summed E-state index contributed by atoms with van der Waals surface area (Å²) in [6.45, 7) is 12.4. The van der Waals surface area contributed by atoms with E-state index in [9.17, 15) is 0 Å². The van der Waals surface area contributed by atoms with Crippen molar-refractivity contribution in [3.05, 3.63) is 0 Å². The molecule has 0 radical (unpaired) electrons. The minimum Gasteiger partial charge on any atom is -0.378 e. The molecule has 1 aliphatic heterocycles. The van der Waals surface area contributed by atoms with Gasteiger partial charge in [0.1, 0.15) is 0 Å². The summed E-state index contributed by atoms with van der Waals surface area (Å²) in [7, 11) is 0. The molecule has 0 saturated carbocycles. The second kappa shape index (κ2) is 5.86. The van der Waals surface area contributed by atoms with Crippen LogP contribution < -0.4 is 5.32 Å². The predicted molar refractivity (Wildman–Crippen MR) is 65.1 cm³/mol. The minimum atomic E-state index is 0.380. The molecule has 0 bridgehead atoms. The maximum Gasteiger partial charge on any atom is 0.0581 e. The van der Waals surface area contributed by atoms with Gasteiger partial charge in [0.05, 0.1) is 6.10 Å². The van der Waals surface area contributed by atoms with Crippen LogP contribution in [0.2, 0.25) is 0 Å². The molecule has 0 aromatic heterocycles. The lowest BCUT2D eigenvalue weighted by molar-refractivity contribution is 0.0482. The van der Waals surface area contributed by atoms with Gasteiger partial charge in [-0.15, -0.1) is 0 Å². The largest absolute Gasteiger partial charge is 0.378 e. The third-order valence-electron chi connectivity index (χ3n) is 3.89. The molecule has 90 valence electrons. The average molecular weight is 213 g/mol. The van der Waals surface area contributed by atoms with Gasteiger partial charge in [-0.25, -0.2) is 0 Å². The Morgan fingerprint density at radius 2 is 2.20 bits per heavy atom. The van der Waals surface area contributed by atoms with Crippen LogP contribution in [0.3, 0.4) is 0 Å². The van der Waals surface area contributed by atoms with E-state index >= 15 is 0 Å². The molecule has 0 spiro atoms. The van der Waals surface area contributed by atoms with Crippen LogP contribution in [0.1, 0.15) is 47.0 Å². The normalized spacial score (nSPS) is 25.8. The number of hydrogen-bond donors (Lipinski definition) is 1. The first-order valence-electron chi connectivity index (χ1n) is 6.41. The molecule has 0 aromatic rings. The van der Waals surface area contributed by atoms with Crippen LogP contribution in [0.5, 0.6) is 0 Å². The van der Waals surface area contributed by atoms with E-state index < -0.39 is 0 Å².